The molecule has 5 nitrogen and oxygen atoms in total. The number of aromatic nitrogens is 1. The van der Waals surface area contributed by atoms with Gasteiger partial charge in [0.15, 0.2) is 0 Å². The van der Waals surface area contributed by atoms with Gasteiger partial charge in [-0.25, -0.2) is 0 Å². The number of furan rings is 1. The van der Waals surface area contributed by atoms with Crippen molar-refractivity contribution in [1.29, 1.82) is 0 Å². The third kappa shape index (κ3) is 2.97. The fraction of sp³-hybridized carbons (Fsp3) is 0.375. The van der Waals surface area contributed by atoms with E-state index >= 15 is 0 Å². The van der Waals surface area contributed by atoms with E-state index in [1.54, 1.807) is 12.3 Å². The van der Waals surface area contributed by atoms with Crippen molar-refractivity contribution in [1.82, 2.24) is 14.8 Å². The van der Waals surface area contributed by atoms with Crippen LogP contribution in [-0.2, 0) is 0 Å². The first-order valence-corrected chi connectivity index (χ1v) is 7.21. The minimum atomic E-state index is 0.0532. The number of pyridine rings is 1. The summed E-state index contributed by atoms with van der Waals surface area (Å²) in [6.45, 7) is 5.42. The number of carbonyl (C=O) groups excluding carboxylic acids is 1. The van der Waals surface area contributed by atoms with Crippen LogP contribution in [-0.4, -0.2) is 46.9 Å². The first-order chi connectivity index (χ1) is 10.3. The van der Waals surface area contributed by atoms with E-state index in [9.17, 15) is 4.79 Å². The van der Waals surface area contributed by atoms with Gasteiger partial charge in [0, 0.05) is 44.6 Å². The predicted molar refractivity (Wildman–Crippen MR) is 78.8 cm³/mol. The Balaban J connectivity index is 1.59. The summed E-state index contributed by atoms with van der Waals surface area (Å²) in [6, 6.07) is 6.10. The molecule has 5 heteroatoms. The first-order valence-electron chi connectivity index (χ1n) is 7.21. The molecule has 1 amide bonds. The van der Waals surface area contributed by atoms with Gasteiger partial charge < -0.3 is 9.32 Å². The molecular formula is C16H19N3O2. The lowest BCUT2D eigenvalue weighted by Gasteiger charge is -2.38. The number of amides is 1. The van der Waals surface area contributed by atoms with Crippen molar-refractivity contribution < 1.29 is 9.21 Å². The van der Waals surface area contributed by atoms with Crippen LogP contribution in [0.5, 0.6) is 0 Å². The maximum Gasteiger partial charge on any atom is 0.257 e. The standard InChI is InChI=1S/C16H19N3O2/c1-13(14-3-2-5-17-11-14)18-6-8-19(9-7-18)16(20)15-4-10-21-12-15/h2-5,10-13H,6-9H2,1H3. The summed E-state index contributed by atoms with van der Waals surface area (Å²) >= 11 is 0. The summed E-state index contributed by atoms with van der Waals surface area (Å²) < 4.78 is 4.98. The SMILES string of the molecule is CC(c1cccnc1)N1CCN(C(=O)c2ccoc2)CC1. The number of hydrogen-bond donors (Lipinski definition) is 0. The molecule has 2 aromatic rings. The van der Waals surface area contributed by atoms with Gasteiger partial charge in [-0.3, -0.25) is 14.7 Å². The second-order valence-corrected chi connectivity index (χ2v) is 5.30. The molecule has 1 atom stereocenters. The van der Waals surface area contributed by atoms with Crippen molar-refractivity contribution in [2.45, 2.75) is 13.0 Å². The van der Waals surface area contributed by atoms with Gasteiger partial charge in [-0.2, -0.15) is 0 Å². The van der Waals surface area contributed by atoms with Crippen LogP contribution in [0.15, 0.2) is 47.5 Å². The lowest BCUT2D eigenvalue weighted by molar-refractivity contribution is 0.0581. The molecule has 2 aromatic heterocycles. The second-order valence-electron chi connectivity index (χ2n) is 5.30. The highest BCUT2D eigenvalue weighted by Gasteiger charge is 2.25. The fourth-order valence-electron chi connectivity index (χ4n) is 2.71. The Kier molecular flexibility index (Phi) is 4.01. The number of hydrogen-bond acceptors (Lipinski definition) is 4. The average Bonchev–Trinajstić information content (AvgIpc) is 3.09. The maximum absolute atomic E-state index is 12.2. The number of piperazine rings is 1. The van der Waals surface area contributed by atoms with E-state index in [-0.39, 0.29) is 5.91 Å². The summed E-state index contributed by atoms with van der Waals surface area (Å²) in [5.41, 5.74) is 1.84. The Hall–Kier alpha value is -2.14. The van der Waals surface area contributed by atoms with Crippen LogP contribution in [0.2, 0.25) is 0 Å². The Morgan fingerprint density at radius 2 is 2.10 bits per heavy atom. The highest BCUT2D eigenvalue weighted by molar-refractivity contribution is 5.93. The molecule has 1 aliphatic rings. The van der Waals surface area contributed by atoms with E-state index in [2.05, 4.69) is 22.9 Å². The molecule has 0 aliphatic carbocycles. The van der Waals surface area contributed by atoms with Crippen LogP contribution in [0, 0.1) is 0 Å². The highest BCUT2D eigenvalue weighted by Crippen LogP contribution is 2.21. The Morgan fingerprint density at radius 3 is 2.71 bits per heavy atom. The molecule has 1 aliphatic heterocycles. The molecule has 0 radical (unpaired) electrons. The zero-order chi connectivity index (χ0) is 14.7. The molecule has 110 valence electrons. The number of nitrogens with zero attached hydrogens (tertiary/aromatic N) is 3. The van der Waals surface area contributed by atoms with Crippen LogP contribution in [0.25, 0.3) is 0 Å². The second kappa shape index (κ2) is 6.10. The molecule has 3 heterocycles. The molecule has 1 fully saturated rings. The summed E-state index contributed by atoms with van der Waals surface area (Å²) in [6.07, 6.45) is 6.74. The van der Waals surface area contributed by atoms with Crippen molar-refractivity contribution in [2.75, 3.05) is 26.2 Å². The zero-order valence-electron chi connectivity index (χ0n) is 12.1. The third-order valence-electron chi connectivity index (χ3n) is 4.08. The minimum absolute atomic E-state index is 0.0532. The third-order valence-corrected chi connectivity index (χ3v) is 4.08. The van der Waals surface area contributed by atoms with Crippen molar-refractivity contribution in [3.8, 4) is 0 Å². The lowest BCUT2D eigenvalue weighted by Crippen LogP contribution is -2.49. The molecule has 1 unspecified atom stereocenters. The fourth-order valence-corrected chi connectivity index (χ4v) is 2.71. The molecule has 0 saturated carbocycles. The van der Waals surface area contributed by atoms with Gasteiger partial charge in [0.25, 0.3) is 5.91 Å². The molecule has 0 spiro atoms. The molecule has 21 heavy (non-hydrogen) atoms. The minimum Gasteiger partial charge on any atom is -0.472 e. The van der Waals surface area contributed by atoms with E-state index in [1.807, 2.05) is 17.2 Å². The summed E-state index contributed by atoms with van der Waals surface area (Å²) in [4.78, 5) is 20.7. The summed E-state index contributed by atoms with van der Waals surface area (Å²) in [7, 11) is 0. The summed E-state index contributed by atoms with van der Waals surface area (Å²) in [5, 5.41) is 0. The molecule has 0 bridgehead atoms. The van der Waals surface area contributed by atoms with E-state index in [0.29, 0.717) is 11.6 Å². The van der Waals surface area contributed by atoms with Gasteiger partial charge >= 0.3 is 0 Å². The van der Waals surface area contributed by atoms with Crippen LogP contribution < -0.4 is 0 Å². The molecular weight excluding hydrogens is 266 g/mol. The van der Waals surface area contributed by atoms with Crippen molar-refractivity contribution >= 4 is 5.91 Å². The van der Waals surface area contributed by atoms with Gasteiger partial charge in [0.2, 0.25) is 0 Å². The maximum atomic E-state index is 12.2. The average molecular weight is 285 g/mol. The number of carbonyl (C=O) groups is 1. The van der Waals surface area contributed by atoms with Crippen LogP contribution in [0.3, 0.4) is 0 Å². The van der Waals surface area contributed by atoms with E-state index in [0.717, 1.165) is 26.2 Å². The normalized spacial score (nSPS) is 17.7. The van der Waals surface area contributed by atoms with Gasteiger partial charge in [-0.05, 0) is 24.6 Å². The van der Waals surface area contributed by atoms with Crippen molar-refractivity contribution in [3.05, 3.63) is 54.2 Å². The smallest absolute Gasteiger partial charge is 0.257 e. The Bertz CT molecular complexity index is 575. The molecule has 1 saturated heterocycles. The van der Waals surface area contributed by atoms with Gasteiger partial charge in [-0.15, -0.1) is 0 Å². The van der Waals surface area contributed by atoms with E-state index in [4.69, 9.17) is 4.42 Å². The largest absolute Gasteiger partial charge is 0.472 e. The Labute approximate surface area is 124 Å². The highest BCUT2D eigenvalue weighted by atomic mass is 16.3. The Morgan fingerprint density at radius 1 is 1.29 bits per heavy atom. The molecule has 0 aromatic carbocycles. The monoisotopic (exact) mass is 285 g/mol. The van der Waals surface area contributed by atoms with Crippen molar-refractivity contribution in [2.24, 2.45) is 0 Å². The quantitative estimate of drug-likeness (QED) is 0.867. The predicted octanol–water partition coefficient (Wildman–Crippen LogP) is 2.19. The zero-order valence-corrected chi connectivity index (χ0v) is 12.1. The van der Waals surface area contributed by atoms with E-state index in [1.165, 1.54) is 18.1 Å². The van der Waals surface area contributed by atoms with Crippen LogP contribution in [0.1, 0.15) is 28.9 Å². The lowest BCUT2D eigenvalue weighted by atomic mass is 10.1. The topological polar surface area (TPSA) is 49.6 Å². The molecule has 3 rings (SSSR count). The van der Waals surface area contributed by atoms with Crippen molar-refractivity contribution in [3.63, 3.8) is 0 Å². The number of rotatable bonds is 3. The van der Waals surface area contributed by atoms with Gasteiger partial charge in [-0.1, -0.05) is 6.07 Å². The van der Waals surface area contributed by atoms with Crippen LogP contribution >= 0.6 is 0 Å². The molecule has 0 N–H and O–H groups in total. The van der Waals surface area contributed by atoms with Gasteiger partial charge in [0.1, 0.15) is 6.26 Å². The first kappa shape index (κ1) is 13.8. The van der Waals surface area contributed by atoms with Gasteiger partial charge in [0.05, 0.1) is 11.8 Å². The van der Waals surface area contributed by atoms with E-state index < -0.39 is 0 Å². The summed E-state index contributed by atoms with van der Waals surface area (Å²) in [5.74, 6) is 0.0532. The van der Waals surface area contributed by atoms with Crippen LogP contribution in [0.4, 0.5) is 0 Å².